The molecule has 0 amide bonds. The van der Waals surface area contributed by atoms with E-state index in [4.69, 9.17) is 23.7 Å². The zero-order valence-electron chi connectivity index (χ0n) is 29.4. The van der Waals surface area contributed by atoms with Crippen LogP contribution in [0.5, 0.6) is 40.2 Å². The Hall–Kier alpha value is -4.80. The molecule has 4 heterocycles. The van der Waals surface area contributed by atoms with E-state index in [1.165, 1.54) is 7.11 Å². The normalized spacial score (nSPS) is 21.8. The van der Waals surface area contributed by atoms with Crippen molar-refractivity contribution in [3.8, 4) is 40.2 Å². The number of halogens is 1. The topological polar surface area (TPSA) is 86.7 Å². The highest BCUT2D eigenvalue weighted by Crippen LogP contribution is 2.49. The van der Waals surface area contributed by atoms with Crippen LogP contribution in [-0.2, 0) is 30.5 Å². The molecular weight excluding hydrogens is 639 g/mol. The van der Waals surface area contributed by atoms with Crippen LogP contribution < -0.4 is 23.7 Å². The van der Waals surface area contributed by atoms with E-state index < -0.39 is 17.8 Å². The molecule has 1 N–H and O–H groups in total. The number of quaternary nitrogens is 1. The number of hydrogen-bond acceptors (Lipinski definition) is 7. The molecule has 0 fully saturated rings. The molecule has 9 nitrogen and oxygen atoms in total. The van der Waals surface area contributed by atoms with E-state index in [9.17, 15) is 9.90 Å². The quantitative estimate of drug-likeness (QED) is 0.220. The summed E-state index contributed by atoms with van der Waals surface area (Å²) in [5.74, 6) is 1.44. The number of aliphatic carboxylic acids is 1. The molecule has 50 heavy (non-hydrogen) atoms. The maximum atomic E-state index is 16.6. The lowest BCUT2D eigenvalue weighted by Crippen LogP contribution is -2.59. The Morgan fingerprint density at radius 1 is 0.880 bits per heavy atom. The Balaban J connectivity index is 1.48. The lowest BCUT2D eigenvalue weighted by atomic mass is 9.85. The largest absolute Gasteiger partial charge is 0.494 e. The molecule has 4 aromatic rings. The van der Waals surface area contributed by atoms with Crippen molar-refractivity contribution in [2.24, 2.45) is 0 Å². The molecule has 0 aromatic heterocycles. The minimum atomic E-state index is -0.861. The maximum Gasteiger partial charge on any atom is 0.362 e. The molecule has 8 rings (SSSR count). The number of benzene rings is 4. The molecule has 10 heteroatoms. The highest BCUT2D eigenvalue weighted by Gasteiger charge is 2.46. The van der Waals surface area contributed by atoms with E-state index in [1.807, 2.05) is 68.7 Å². The van der Waals surface area contributed by atoms with Gasteiger partial charge in [-0.15, -0.1) is 0 Å². The average molecular weight is 684 g/mol. The third-order valence-corrected chi connectivity index (χ3v) is 11.2. The van der Waals surface area contributed by atoms with Crippen LogP contribution in [0.3, 0.4) is 0 Å². The van der Waals surface area contributed by atoms with Gasteiger partial charge in [-0.3, -0.25) is 4.90 Å². The minimum absolute atomic E-state index is 0.0959. The predicted molar refractivity (Wildman–Crippen MR) is 187 cm³/mol. The number of hydrogen-bond donors (Lipinski definition) is 1. The maximum absolute atomic E-state index is 16.6. The summed E-state index contributed by atoms with van der Waals surface area (Å²) >= 11 is 0. The summed E-state index contributed by atoms with van der Waals surface area (Å²) in [4.78, 5) is 14.8. The zero-order chi connectivity index (χ0) is 35.3. The monoisotopic (exact) mass is 683 g/mol. The van der Waals surface area contributed by atoms with Gasteiger partial charge < -0.3 is 33.3 Å². The van der Waals surface area contributed by atoms with Crippen molar-refractivity contribution in [2.75, 3.05) is 48.5 Å². The minimum Gasteiger partial charge on any atom is -0.494 e. The Bertz CT molecular complexity index is 1950. The molecule has 0 saturated carbocycles. The Kier molecular flexibility index (Phi) is 8.86. The number of carbonyl (C=O) groups is 1. The lowest BCUT2D eigenvalue weighted by molar-refractivity contribution is -0.954. The molecule has 4 unspecified atom stereocenters. The molecule has 6 bridgehead atoms. The van der Waals surface area contributed by atoms with E-state index in [0.29, 0.717) is 61.0 Å². The van der Waals surface area contributed by atoms with Crippen LogP contribution in [0, 0.1) is 5.82 Å². The summed E-state index contributed by atoms with van der Waals surface area (Å²) in [5, 5.41) is 10.3. The smallest absolute Gasteiger partial charge is 0.362 e. The number of fused-ring (bicyclic) bond motifs is 2. The average Bonchev–Trinajstić information content (AvgIpc) is 3.11. The van der Waals surface area contributed by atoms with Crippen LogP contribution in [0.25, 0.3) is 0 Å². The van der Waals surface area contributed by atoms with Crippen molar-refractivity contribution in [1.29, 1.82) is 0 Å². The fraction of sp³-hybridized carbons (Fsp3) is 0.375. The fourth-order valence-electron chi connectivity index (χ4n) is 7.98. The van der Waals surface area contributed by atoms with Crippen LogP contribution in [0.4, 0.5) is 4.39 Å². The summed E-state index contributed by atoms with van der Waals surface area (Å²) in [7, 11) is 8.71. The molecule has 262 valence electrons. The van der Waals surface area contributed by atoms with Gasteiger partial charge in [0.1, 0.15) is 11.8 Å². The Labute approximate surface area is 292 Å². The second-order valence-corrected chi connectivity index (χ2v) is 13.8. The molecule has 0 radical (unpaired) electrons. The number of rotatable bonds is 5. The predicted octanol–water partition coefficient (Wildman–Crippen LogP) is 7.28. The van der Waals surface area contributed by atoms with Gasteiger partial charge in [-0.2, -0.15) is 4.39 Å². The zero-order valence-corrected chi connectivity index (χ0v) is 29.4. The van der Waals surface area contributed by atoms with Gasteiger partial charge in [0.2, 0.25) is 5.82 Å². The van der Waals surface area contributed by atoms with Gasteiger partial charge in [-0.25, -0.2) is 4.79 Å². The SMILES string of the molecule is COc1ccc2cc1Oc1ccc(cc1)CC1c3cc(c(OC)cc3CC[N+]1(C)C(C)C(=O)O)Oc1c(F)c(OC)cc3c1C(C2)N(C)CC3. The first-order valence-corrected chi connectivity index (χ1v) is 17.0. The molecule has 4 aliphatic rings. The van der Waals surface area contributed by atoms with E-state index in [2.05, 4.69) is 4.90 Å². The number of carboxylic acid groups (broad SMARTS) is 1. The first kappa shape index (κ1) is 33.7. The van der Waals surface area contributed by atoms with Crippen LogP contribution in [0.2, 0.25) is 0 Å². The summed E-state index contributed by atoms with van der Waals surface area (Å²) in [6.45, 7) is 3.16. The van der Waals surface area contributed by atoms with Gasteiger partial charge in [-0.1, -0.05) is 18.2 Å². The van der Waals surface area contributed by atoms with Crippen LogP contribution in [0.1, 0.15) is 52.4 Å². The molecule has 0 saturated heterocycles. The van der Waals surface area contributed by atoms with Gasteiger partial charge in [0.25, 0.3) is 0 Å². The summed E-state index contributed by atoms with van der Waals surface area (Å²) in [5.41, 5.74) is 5.73. The number of ether oxygens (including phenoxy) is 5. The van der Waals surface area contributed by atoms with Crippen molar-refractivity contribution < 1.29 is 42.5 Å². The molecule has 0 spiro atoms. The number of methoxy groups -OCH3 is 3. The van der Waals surface area contributed by atoms with E-state index in [0.717, 1.165) is 39.9 Å². The number of carboxylic acids is 1. The van der Waals surface area contributed by atoms with Crippen LogP contribution >= 0.6 is 0 Å². The first-order chi connectivity index (χ1) is 24.0. The van der Waals surface area contributed by atoms with E-state index in [1.54, 1.807) is 27.2 Å². The van der Waals surface area contributed by atoms with Crippen LogP contribution in [0.15, 0.2) is 60.7 Å². The third-order valence-electron chi connectivity index (χ3n) is 11.2. The highest BCUT2D eigenvalue weighted by atomic mass is 19.1. The summed E-state index contributed by atoms with van der Waals surface area (Å²) in [6.07, 6.45) is 2.45. The molecule has 0 aliphatic carbocycles. The van der Waals surface area contributed by atoms with Gasteiger partial charge in [-0.05, 0) is 91.5 Å². The van der Waals surface area contributed by atoms with Crippen molar-refractivity contribution >= 4 is 5.97 Å². The second-order valence-electron chi connectivity index (χ2n) is 13.8. The Morgan fingerprint density at radius 2 is 1.56 bits per heavy atom. The van der Waals surface area contributed by atoms with Crippen molar-refractivity contribution in [3.63, 3.8) is 0 Å². The number of likely N-dealkylation sites (N-methyl/N-ethyl adjacent to an activating group) is 2. The van der Waals surface area contributed by atoms with Gasteiger partial charge in [0, 0.05) is 36.6 Å². The van der Waals surface area contributed by atoms with E-state index >= 15 is 4.39 Å². The highest BCUT2D eigenvalue weighted by molar-refractivity contribution is 5.71. The molecular formula is C40H44FN2O7+. The van der Waals surface area contributed by atoms with Crippen molar-refractivity contribution in [3.05, 3.63) is 99.9 Å². The van der Waals surface area contributed by atoms with Crippen molar-refractivity contribution in [1.82, 2.24) is 4.90 Å². The van der Waals surface area contributed by atoms with Crippen LogP contribution in [-0.4, -0.2) is 75.0 Å². The van der Waals surface area contributed by atoms with Gasteiger partial charge in [0.15, 0.2) is 40.5 Å². The first-order valence-electron chi connectivity index (χ1n) is 17.0. The number of nitrogens with zero attached hydrogens (tertiary/aromatic N) is 2. The Morgan fingerprint density at radius 3 is 2.26 bits per heavy atom. The van der Waals surface area contributed by atoms with Gasteiger partial charge in [0.05, 0.1) is 34.9 Å². The third kappa shape index (κ3) is 5.80. The molecule has 4 aliphatic heterocycles. The summed E-state index contributed by atoms with van der Waals surface area (Å²) in [6, 6.07) is 18.3. The second kappa shape index (κ2) is 13.2. The summed E-state index contributed by atoms with van der Waals surface area (Å²) < 4.78 is 47.1. The molecule has 4 atom stereocenters. The standard InChI is InChI=1S/C40H43FN2O7/c1-23(40(44)45)43(3)16-14-26-20-33(47-5)35-22-29(26)31(43)18-24-7-10-28(11-8-24)49-34-19-25(9-12-32(34)46-4)17-30-37-27(13-15-42(30)2)21-36(48-6)38(41)39(37)50-35/h7-12,19-23,30-31H,13-18H2,1-6H3/p+1. The lowest BCUT2D eigenvalue weighted by Gasteiger charge is -2.48. The fourth-order valence-corrected chi connectivity index (χ4v) is 7.98. The van der Waals surface area contributed by atoms with E-state index in [-0.39, 0.29) is 28.1 Å². The van der Waals surface area contributed by atoms with Gasteiger partial charge >= 0.3 is 5.97 Å². The van der Waals surface area contributed by atoms with Crippen molar-refractivity contribution in [2.45, 2.75) is 50.7 Å². The molecule has 4 aromatic carbocycles.